The van der Waals surface area contributed by atoms with Crippen molar-refractivity contribution in [2.24, 2.45) is 0 Å². The Hall–Kier alpha value is -0.480. The van der Waals surface area contributed by atoms with Crippen LogP contribution in [0.15, 0.2) is 0 Å². The van der Waals surface area contributed by atoms with Crippen LogP contribution in [0.4, 0.5) is 0 Å². The van der Waals surface area contributed by atoms with E-state index in [4.69, 9.17) is 0 Å². The molecule has 74 valence electrons. The first-order valence-corrected chi connectivity index (χ1v) is 5.58. The Bertz CT molecular complexity index is 247. The lowest BCUT2D eigenvalue weighted by Gasteiger charge is -2.09. The normalized spacial score (nSPS) is 13.2. The van der Waals surface area contributed by atoms with Crippen molar-refractivity contribution in [2.75, 3.05) is 0 Å². The van der Waals surface area contributed by atoms with Crippen molar-refractivity contribution in [1.82, 2.24) is 14.9 Å². The molecule has 0 bridgehead atoms. The number of hydrogen-bond donors (Lipinski definition) is 1. The Morgan fingerprint density at radius 3 is 2.85 bits per heavy atom. The molecule has 0 amide bonds. The summed E-state index contributed by atoms with van der Waals surface area (Å²) in [6.07, 6.45) is 2.14. The summed E-state index contributed by atoms with van der Waals surface area (Å²) < 4.78 is 3.95. The molecule has 3 nitrogen and oxygen atoms in total. The molecule has 0 saturated carbocycles. The van der Waals surface area contributed by atoms with Crippen molar-refractivity contribution in [2.45, 2.75) is 46.2 Å². The summed E-state index contributed by atoms with van der Waals surface area (Å²) in [4.78, 5) is 1.28. The molecule has 0 aliphatic carbocycles. The van der Waals surface area contributed by atoms with Crippen LogP contribution in [0.3, 0.4) is 0 Å². The molecular weight excluding hydrogens is 182 g/mol. The second-order valence-corrected chi connectivity index (χ2v) is 4.03. The van der Waals surface area contributed by atoms with Gasteiger partial charge < -0.3 is 5.32 Å². The first-order valence-electron chi connectivity index (χ1n) is 4.81. The number of aryl methyl sites for hydroxylation is 1. The molecule has 0 saturated heterocycles. The number of rotatable bonds is 5. The highest BCUT2D eigenvalue weighted by Crippen LogP contribution is 2.10. The van der Waals surface area contributed by atoms with Crippen LogP contribution in [0.1, 0.15) is 37.8 Å². The molecule has 1 heterocycles. The Morgan fingerprint density at radius 1 is 1.46 bits per heavy atom. The van der Waals surface area contributed by atoms with Gasteiger partial charge in [-0.25, -0.2) is 0 Å². The van der Waals surface area contributed by atoms with Crippen LogP contribution in [0.5, 0.6) is 0 Å². The van der Waals surface area contributed by atoms with Gasteiger partial charge in [0.15, 0.2) is 0 Å². The summed E-state index contributed by atoms with van der Waals surface area (Å²) in [5.41, 5.74) is 1.14. The van der Waals surface area contributed by atoms with Crippen LogP contribution in [-0.2, 0) is 13.0 Å². The standard InChI is InChI=1S/C9H17N3S/c1-4-7(3)10-6-9-8(5-2)11-12-13-9/h7,10H,4-6H2,1-3H3. The molecule has 1 aromatic rings. The van der Waals surface area contributed by atoms with Crippen LogP contribution in [0, 0.1) is 0 Å². The number of hydrogen-bond acceptors (Lipinski definition) is 4. The number of aromatic nitrogens is 2. The third kappa shape index (κ3) is 3.04. The molecule has 0 aliphatic rings. The molecule has 1 N–H and O–H groups in total. The third-order valence-corrected chi connectivity index (χ3v) is 2.96. The summed E-state index contributed by atoms with van der Waals surface area (Å²) in [5, 5.41) is 7.51. The Labute approximate surface area is 83.7 Å². The van der Waals surface area contributed by atoms with Crippen LogP contribution in [-0.4, -0.2) is 15.6 Å². The van der Waals surface area contributed by atoms with Crippen molar-refractivity contribution >= 4 is 11.5 Å². The predicted octanol–water partition coefficient (Wildman–Crippen LogP) is 1.99. The minimum atomic E-state index is 0.576. The molecule has 0 spiro atoms. The third-order valence-electron chi connectivity index (χ3n) is 2.19. The van der Waals surface area contributed by atoms with Crippen molar-refractivity contribution in [1.29, 1.82) is 0 Å². The lowest BCUT2D eigenvalue weighted by atomic mass is 10.2. The highest BCUT2D eigenvalue weighted by Gasteiger charge is 2.06. The molecule has 4 heteroatoms. The molecule has 1 rings (SSSR count). The summed E-state index contributed by atoms with van der Waals surface area (Å²) in [6, 6.07) is 0.576. The van der Waals surface area contributed by atoms with E-state index in [1.54, 1.807) is 0 Å². The second kappa shape index (κ2) is 5.29. The Morgan fingerprint density at radius 2 is 2.23 bits per heavy atom. The van der Waals surface area contributed by atoms with Gasteiger partial charge >= 0.3 is 0 Å². The van der Waals surface area contributed by atoms with Crippen molar-refractivity contribution < 1.29 is 0 Å². The first kappa shape index (κ1) is 10.6. The van der Waals surface area contributed by atoms with E-state index in [0.29, 0.717) is 6.04 Å². The summed E-state index contributed by atoms with van der Waals surface area (Å²) in [6.45, 7) is 7.41. The van der Waals surface area contributed by atoms with Gasteiger partial charge in [-0.05, 0) is 31.3 Å². The smallest absolute Gasteiger partial charge is 0.0797 e. The van der Waals surface area contributed by atoms with Crippen molar-refractivity contribution in [3.8, 4) is 0 Å². The van der Waals surface area contributed by atoms with Crippen LogP contribution >= 0.6 is 11.5 Å². The van der Waals surface area contributed by atoms with Crippen LogP contribution < -0.4 is 5.32 Å². The molecule has 0 aliphatic heterocycles. The van der Waals surface area contributed by atoms with E-state index in [2.05, 4.69) is 35.7 Å². The predicted molar refractivity (Wildman–Crippen MR) is 55.9 cm³/mol. The molecule has 1 atom stereocenters. The Balaban J connectivity index is 2.44. The second-order valence-electron chi connectivity index (χ2n) is 3.19. The van der Waals surface area contributed by atoms with E-state index in [1.807, 2.05) is 0 Å². The van der Waals surface area contributed by atoms with Gasteiger partial charge in [0.2, 0.25) is 0 Å². The van der Waals surface area contributed by atoms with Crippen molar-refractivity contribution in [3.63, 3.8) is 0 Å². The molecule has 0 radical (unpaired) electrons. The molecule has 0 aromatic carbocycles. The largest absolute Gasteiger partial charge is 0.309 e. The molecular formula is C9H17N3S. The molecule has 1 aromatic heterocycles. The fraction of sp³-hybridized carbons (Fsp3) is 0.778. The van der Waals surface area contributed by atoms with E-state index in [1.165, 1.54) is 16.4 Å². The lowest BCUT2D eigenvalue weighted by molar-refractivity contribution is 0.535. The topological polar surface area (TPSA) is 37.8 Å². The van der Waals surface area contributed by atoms with Gasteiger partial charge in [0.05, 0.1) is 10.6 Å². The van der Waals surface area contributed by atoms with Crippen LogP contribution in [0.2, 0.25) is 0 Å². The van der Waals surface area contributed by atoms with Crippen molar-refractivity contribution in [3.05, 3.63) is 10.6 Å². The van der Waals surface area contributed by atoms with Gasteiger partial charge in [-0.1, -0.05) is 18.3 Å². The summed E-state index contributed by atoms with van der Waals surface area (Å²) >= 11 is 1.50. The maximum absolute atomic E-state index is 4.07. The lowest BCUT2D eigenvalue weighted by Crippen LogP contribution is -2.24. The zero-order valence-corrected chi connectivity index (χ0v) is 9.32. The summed E-state index contributed by atoms with van der Waals surface area (Å²) in [5.74, 6) is 0. The number of nitrogens with one attached hydrogen (secondary N) is 1. The summed E-state index contributed by atoms with van der Waals surface area (Å²) in [7, 11) is 0. The minimum absolute atomic E-state index is 0.576. The molecule has 1 unspecified atom stereocenters. The van der Waals surface area contributed by atoms with Gasteiger partial charge in [-0.3, -0.25) is 0 Å². The monoisotopic (exact) mass is 199 g/mol. The highest BCUT2D eigenvalue weighted by atomic mass is 32.1. The maximum atomic E-state index is 4.07. The molecule has 0 fully saturated rings. The van der Waals surface area contributed by atoms with E-state index in [0.717, 1.165) is 25.1 Å². The van der Waals surface area contributed by atoms with E-state index in [-0.39, 0.29) is 0 Å². The van der Waals surface area contributed by atoms with Gasteiger partial charge in [-0.2, -0.15) is 0 Å². The van der Waals surface area contributed by atoms with Gasteiger partial charge in [0, 0.05) is 12.6 Å². The molecule has 13 heavy (non-hydrogen) atoms. The Kier molecular flexibility index (Phi) is 4.32. The SMILES string of the molecule is CCc1nnsc1CNC(C)CC. The van der Waals surface area contributed by atoms with Gasteiger partial charge in [0.1, 0.15) is 0 Å². The van der Waals surface area contributed by atoms with E-state index < -0.39 is 0 Å². The minimum Gasteiger partial charge on any atom is -0.309 e. The average molecular weight is 199 g/mol. The van der Waals surface area contributed by atoms with E-state index in [9.17, 15) is 0 Å². The highest BCUT2D eigenvalue weighted by molar-refractivity contribution is 7.05. The maximum Gasteiger partial charge on any atom is 0.0797 e. The first-order chi connectivity index (χ1) is 6.27. The fourth-order valence-electron chi connectivity index (χ4n) is 1.04. The van der Waals surface area contributed by atoms with E-state index >= 15 is 0 Å². The zero-order valence-electron chi connectivity index (χ0n) is 8.50. The average Bonchev–Trinajstić information content (AvgIpc) is 2.61. The van der Waals surface area contributed by atoms with Crippen LogP contribution in [0.25, 0.3) is 0 Å². The van der Waals surface area contributed by atoms with Gasteiger partial charge in [-0.15, -0.1) is 5.10 Å². The fourth-order valence-corrected chi connectivity index (χ4v) is 1.72. The van der Waals surface area contributed by atoms with Gasteiger partial charge in [0.25, 0.3) is 0 Å². The zero-order chi connectivity index (χ0) is 9.68. The quantitative estimate of drug-likeness (QED) is 0.788. The number of nitrogens with zero attached hydrogens (tertiary/aromatic N) is 2.